The first-order valence-corrected chi connectivity index (χ1v) is 5.95. The van der Waals surface area contributed by atoms with Gasteiger partial charge in [0, 0.05) is 6.42 Å². The summed E-state index contributed by atoms with van der Waals surface area (Å²) in [6.07, 6.45) is 2.62. The van der Waals surface area contributed by atoms with E-state index in [1.54, 1.807) is 0 Å². The Morgan fingerprint density at radius 2 is 2.06 bits per heavy atom. The third kappa shape index (κ3) is 3.03. The van der Waals surface area contributed by atoms with Gasteiger partial charge in [0.05, 0.1) is 0 Å². The van der Waals surface area contributed by atoms with Crippen LogP contribution in [0.5, 0.6) is 11.5 Å². The molecule has 0 amide bonds. The number of carbonyl (C=O) groups is 1. The second-order valence-corrected chi connectivity index (χ2v) is 4.18. The third-order valence-electron chi connectivity index (χ3n) is 2.81. The van der Waals surface area contributed by atoms with Gasteiger partial charge in [0.25, 0.3) is 0 Å². The Labute approximate surface area is 106 Å². The van der Waals surface area contributed by atoms with Crippen LogP contribution < -0.4 is 9.47 Å². The van der Waals surface area contributed by atoms with Gasteiger partial charge < -0.3 is 14.6 Å². The maximum absolute atomic E-state index is 10.4. The highest BCUT2D eigenvalue weighted by atomic mass is 16.6. The largest absolute Gasteiger partial charge is 0.486 e. The maximum atomic E-state index is 10.4. The van der Waals surface area contributed by atoms with Crippen molar-refractivity contribution in [3.8, 4) is 11.5 Å². The molecule has 1 heterocycles. The van der Waals surface area contributed by atoms with Gasteiger partial charge in [-0.2, -0.15) is 0 Å². The number of carboxylic acids is 1. The zero-order valence-corrected chi connectivity index (χ0v) is 10.3. The fraction of sp³-hybridized carbons (Fsp3) is 0.357. The molecule has 0 bridgehead atoms. The molecule has 4 heteroatoms. The average Bonchev–Trinajstić information content (AvgIpc) is 2.37. The Morgan fingerprint density at radius 1 is 1.33 bits per heavy atom. The number of hydrogen-bond acceptors (Lipinski definition) is 3. The summed E-state index contributed by atoms with van der Waals surface area (Å²) >= 11 is 0. The first kappa shape index (κ1) is 12.5. The van der Waals surface area contributed by atoms with E-state index in [0.717, 1.165) is 22.6 Å². The molecule has 0 spiro atoms. The molecule has 0 fully saturated rings. The second kappa shape index (κ2) is 5.58. The van der Waals surface area contributed by atoms with Crippen LogP contribution in [-0.4, -0.2) is 24.3 Å². The Morgan fingerprint density at radius 3 is 2.78 bits per heavy atom. The summed E-state index contributed by atoms with van der Waals surface area (Å²) in [7, 11) is 0. The smallest absolute Gasteiger partial charge is 0.303 e. The number of carboxylic acid groups (broad SMARTS) is 1. The van der Waals surface area contributed by atoms with Gasteiger partial charge in [-0.3, -0.25) is 4.79 Å². The summed E-state index contributed by atoms with van der Waals surface area (Å²) in [4.78, 5) is 10.4. The van der Waals surface area contributed by atoms with Crippen LogP contribution in [0, 0.1) is 0 Å². The minimum absolute atomic E-state index is 0.155. The van der Waals surface area contributed by atoms with E-state index in [9.17, 15) is 4.79 Å². The van der Waals surface area contributed by atoms with Crippen molar-refractivity contribution in [2.45, 2.75) is 19.8 Å². The molecule has 1 aromatic rings. The van der Waals surface area contributed by atoms with Crippen LogP contribution in [0.2, 0.25) is 0 Å². The molecule has 0 saturated carbocycles. The Kier molecular flexibility index (Phi) is 3.87. The van der Waals surface area contributed by atoms with E-state index in [0.29, 0.717) is 19.6 Å². The van der Waals surface area contributed by atoms with Gasteiger partial charge >= 0.3 is 5.97 Å². The van der Waals surface area contributed by atoms with Crippen LogP contribution >= 0.6 is 0 Å². The molecule has 2 rings (SSSR count). The van der Waals surface area contributed by atoms with E-state index in [4.69, 9.17) is 14.6 Å². The van der Waals surface area contributed by atoms with Gasteiger partial charge in [0.15, 0.2) is 11.5 Å². The molecule has 1 aliphatic heterocycles. The maximum Gasteiger partial charge on any atom is 0.303 e. The topological polar surface area (TPSA) is 55.8 Å². The highest BCUT2D eigenvalue weighted by Gasteiger charge is 2.11. The summed E-state index contributed by atoms with van der Waals surface area (Å²) in [5, 5.41) is 8.59. The van der Waals surface area contributed by atoms with E-state index in [2.05, 4.69) is 0 Å². The number of ether oxygens (including phenoxy) is 2. The second-order valence-electron chi connectivity index (χ2n) is 4.18. The summed E-state index contributed by atoms with van der Waals surface area (Å²) in [5.74, 6) is 0.745. The highest BCUT2D eigenvalue weighted by Crippen LogP contribution is 2.32. The third-order valence-corrected chi connectivity index (χ3v) is 2.81. The molecule has 0 aromatic heterocycles. The molecule has 1 aromatic carbocycles. The van der Waals surface area contributed by atoms with E-state index < -0.39 is 5.97 Å². The van der Waals surface area contributed by atoms with Crippen LogP contribution in [0.15, 0.2) is 24.3 Å². The number of rotatable bonds is 4. The first-order valence-electron chi connectivity index (χ1n) is 5.95. The molecule has 0 radical (unpaired) electrons. The van der Waals surface area contributed by atoms with E-state index in [1.807, 2.05) is 31.2 Å². The number of benzene rings is 1. The molecule has 0 aliphatic carbocycles. The van der Waals surface area contributed by atoms with Crippen molar-refractivity contribution in [1.82, 2.24) is 0 Å². The van der Waals surface area contributed by atoms with Crippen molar-refractivity contribution in [3.05, 3.63) is 29.8 Å². The highest BCUT2D eigenvalue weighted by molar-refractivity contribution is 5.69. The van der Waals surface area contributed by atoms with Crippen molar-refractivity contribution >= 4 is 11.5 Å². The minimum Gasteiger partial charge on any atom is -0.486 e. The lowest BCUT2D eigenvalue weighted by molar-refractivity contribution is -0.136. The summed E-state index contributed by atoms with van der Waals surface area (Å²) in [5.41, 5.74) is 2.08. The summed E-state index contributed by atoms with van der Waals surface area (Å²) < 4.78 is 11.0. The van der Waals surface area contributed by atoms with Crippen LogP contribution in [0.25, 0.3) is 5.57 Å². The van der Waals surface area contributed by atoms with Crippen LogP contribution in [-0.2, 0) is 4.79 Å². The van der Waals surface area contributed by atoms with Gasteiger partial charge in [-0.15, -0.1) is 0 Å². The molecule has 18 heavy (non-hydrogen) atoms. The predicted octanol–water partition coefficient (Wildman–Crippen LogP) is 2.73. The number of aliphatic carboxylic acids is 1. The van der Waals surface area contributed by atoms with E-state index in [1.165, 1.54) is 0 Å². The lowest BCUT2D eigenvalue weighted by Crippen LogP contribution is -2.15. The van der Waals surface area contributed by atoms with Crippen LogP contribution in [0.3, 0.4) is 0 Å². The van der Waals surface area contributed by atoms with Gasteiger partial charge in [-0.25, -0.2) is 0 Å². The normalized spacial score (nSPS) is 14.4. The molecule has 96 valence electrons. The fourth-order valence-corrected chi connectivity index (χ4v) is 1.82. The zero-order valence-electron chi connectivity index (χ0n) is 10.3. The average molecular weight is 248 g/mol. The lowest BCUT2D eigenvalue weighted by Gasteiger charge is -2.19. The molecule has 1 N–H and O–H groups in total. The quantitative estimate of drug-likeness (QED) is 0.890. The monoisotopic (exact) mass is 248 g/mol. The van der Waals surface area contributed by atoms with Gasteiger partial charge in [0.1, 0.15) is 13.2 Å². The van der Waals surface area contributed by atoms with Gasteiger partial charge in [-0.1, -0.05) is 12.1 Å². The molecule has 0 saturated heterocycles. The molecular formula is C14H16O4. The van der Waals surface area contributed by atoms with Crippen molar-refractivity contribution in [1.29, 1.82) is 0 Å². The van der Waals surface area contributed by atoms with Crippen molar-refractivity contribution in [2.75, 3.05) is 13.2 Å². The Bertz CT molecular complexity index is 477. The Hall–Kier alpha value is -1.97. The number of hydrogen-bond donors (Lipinski definition) is 1. The van der Waals surface area contributed by atoms with Crippen LogP contribution in [0.1, 0.15) is 25.3 Å². The minimum atomic E-state index is -0.777. The Balaban J connectivity index is 2.10. The zero-order chi connectivity index (χ0) is 13.0. The van der Waals surface area contributed by atoms with E-state index >= 15 is 0 Å². The molecular weight excluding hydrogens is 232 g/mol. The van der Waals surface area contributed by atoms with Gasteiger partial charge in [0.2, 0.25) is 0 Å². The fourth-order valence-electron chi connectivity index (χ4n) is 1.82. The number of fused-ring (bicyclic) bond motifs is 1. The van der Waals surface area contributed by atoms with Gasteiger partial charge in [-0.05, 0) is 36.6 Å². The standard InChI is InChI=1S/C14H16O4/c1-10(3-2-4-14(15)16)11-5-6-12-13(9-11)18-8-7-17-12/h3,5-6,9H,2,4,7-8H2,1H3,(H,15,16)/b10-3+. The summed E-state index contributed by atoms with van der Waals surface area (Å²) in [6, 6.07) is 5.78. The van der Waals surface area contributed by atoms with Crippen LogP contribution in [0.4, 0.5) is 0 Å². The lowest BCUT2D eigenvalue weighted by atomic mass is 10.0. The van der Waals surface area contributed by atoms with Crippen molar-refractivity contribution in [3.63, 3.8) is 0 Å². The molecule has 0 atom stereocenters. The predicted molar refractivity (Wildman–Crippen MR) is 68.0 cm³/mol. The van der Waals surface area contributed by atoms with Crippen molar-refractivity contribution < 1.29 is 19.4 Å². The first-order chi connectivity index (χ1) is 8.66. The van der Waals surface area contributed by atoms with E-state index in [-0.39, 0.29) is 6.42 Å². The molecule has 1 aliphatic rings. The molecule has 4 nitrogen and oxygen atoms in total. The molecule has 0 unspecified atom stereocenters. The summed E-state index contributed by atoms with van der Waals surface area (Å²) in [6.45, 7) is 3.12. The number of allylic oxidation sites excluding steroid dienone is 2. The SMILES string of the molecule is C/C(=C\CCC(=O)O)c1ccc2c(c1)OCCO2. The van der Waals surface area contributed by atoms with Crippen molar-refractivity contribution in [2.24, 2.45) is 0 Å².